The van der Waals surface area contributed by atoms with E-state index in [4.69, 9.17) is 33.2 Å². The molecule has 0 bridgehead atoms. The zero-order valence-corrected chi connectivity index (χ0v) is 22.0. The van der Waals surface area contributed by atoms with Crippen molar-refractivity contribution in [1.29, 1.82) is 0 Å². The lowest BCUT2D eigenvalue weighted by atomic mass is 9.84. The summed E-state index contributed by atoms with van der Waals surface area (Å²) in [5.74, 6) is 0. The number of aromatic amines is 1. The van der Waals surface area contributed by atoms with Crippen molar-refractivity contribution in [2.45, 2.75) is 19.3 Å². The van der Waals surface area contributed by atoms with Crippen LogP contribution in [-0.2, 0) is 6.42 Å². The zero-order chi connectivity index (χ0) is 26.0. The van der Waals surface area contributed by atoms with Gasteiger partial charge in [0.05, 0.1) is 17.4 Å². The number of allylic oxidation sites excluding steroid dienone is 1. The van der Waals surface area contributed by atoms with Gasteiger partial charge in [-0.2, -0.15) is 4.98 Å². The predicted octanol–water partition coefficient (Wildman–Crippen LogP) is 6.39. The SMILES string of the molecule is O=c1[nH]cnc2c1sc1nc3nc4c(c(-c5ccc(Cl)cc5)c3c(=O)n12)CCC/C4=C\c1ccc(Cl)cc1. The Bertz CT molecular complexity index is 2060. The van der Waals surface area contributed by atoms with Crippen LogP contribution in [0.15, 0.2) is 64.4 Å². The van der Waals surface area contributed by atoms with Crippen LogP contribution < -0.4 is 11.1 Å². The molecule has 0 saturated heterocycles. The van der Waals surface area contributed by atoms with E-state index in [1.54, 1.807) is 0 Å². The number of thiazole rings is 1. The minimum absolute atomic E-state index is 0.288. The van der Waals surface area contributed by atoms with Gasteiger partial charge >= 0.3 is 0 Å². The van der Waals surface area contributed by atoms with Crippen LogP contribution in [-0.4, -0.2) is 24.3 Å². The molecular formula is C28H17Cl2N5O2S. The molecular weight excluding hydrogens is 541 g/mol. The quantitative estimate of drug-likeness (QED) is 0.266. The van der Waals surface area contributed by atoms with E-state index in [0.717, 1.165) is 64.1 Å². The van der Waals surface area contributed by atoms with Crippen LogP contribution >= 0.6 is 34.5 Å². The van der Waals surface area contributed by atoms with E-state index < -0.39 is 0 Å². The molecule has 10 heteroatoms. The smallest absolute Gasteiger partial charge is 0.270 e. The topological polar surface area (TPSA) is 93.0 Å². The summed E-state index contributed by atoms with van der Waals surface area (Å²) in [4.78, 5) is 43.5. The molecule has 4 heterocycles. The summed E-state index contributed by atoms with van der Waals surface area (Å²) in [6, 6.07) is 15.1. The number of nitrogens with zero attached hydrogens (tertiary/aromatic N) is 4. The maximum absolute atomic E-state index is 14.1. The first kappa shape index (κ1) is 23.3. The number of nitrogens with one attached hydrogen (secondary N) is 1. The molecule has 0 atom stereocenters. The Hall–Kier alpha value is -3.85. The molecule has 0 radical (unpaired) electrons. The molecule has 4 aromatic heterocycles. The minimum Gasteiger partial charge on any atom is -0.312 e. The highest BCUT2D eigenvalue weighted by Gasteiger charge is 2.26. The Morgan fingerprint density at radius 3 is 2.45 bits per heavy atom. The van der Waals surface area contributed by atoms with Crippen molar-refractivity contribution >= 4 is 72.5 Å². The van der Waals surface area contributed by atoms with Gasteiger partial charge in [-0.25, -0.2) is 14.4 Å². The van der Waals surface area contributed by atoms with Crippen LogP contribution in [0.25, 0.3) is 49.1 Å². The number of hydrogen-bond donors (Lipinski definition) is 1. The third-order valence-corrected chi connectivity index (χ3v) is 8.34. The van der Waals surface area contributed by atoms with Gasteiger partial charge in [-0.15, -0.1) is 0 Å². The molecule has 1 N–H and O–H groups in total. The molecule has 2 aromatic carbocycles. The van der Waals surface area contributed by atoms with Gasteiger partial charge in [-0.3, -0.25) is 9.59 Å². The first-order chi connectivity index (χ1) is 18.5. The molecule has 0 amide bonds. The fourth-order valence-electron chi connectivity index (χ4n) is 5.13. The molecule has 38 heavy (non-hydrogen) atoms. The first-order valence-electron chi connectivity index (χ1n) is 12.0. The van der Waals surface area contributed by atoms with Gasteiger partial charge in [0.1, 0.15) is 4.70 Å². The van der Waals surface area contributed by atoms with Crippen molar-refractivity contribution in [3.63, 3.8) is 0 Å². The summed E-state index contributed by atoms with van der Waals surface area (Å²) in [5, 5.41) is 1.68. The van der Waals surface area contributed by atoms with Gasteiger partial charge in [-0.05, 0) is 71.9 Å². The monoisotopic (exact) mass is 557 g/mol. The van der Waals surface area contributed by atoms with Gasteiger partial charge in [0.25, 0.3) is 11.1 Å². The molecule has 1 aliphatic rings. The molecule has 0 unspecified atom stereocenters. The lowest BCUT2D eigenvalue weighted by Gasteiger charge is -2.23. The van der Waals surface area contributed by atoms with Gasteiger partial charge in [0.15, 0.2) is 11.3 Å². The molecule has 0 fully saturated rings. The van der Waals surface area contributed by atoms with Crippen molar-refractivity contribution < 1.29 is 0 Å². The van der Waals surface area contributed by atoms with Crippen molar-refractivity contribution in [2.24, 2.45) is 0 Å². The van der Waals surface area contributed by atoms with Crippen LogP contribution in [0.3, 0.4) is 0 Å². The van der Waals surface area contributed by atoms with Gasteiger partial charge in [-0.1, -0.05) is 58.8 Å². The van der Waals surface area contributed by atoms with E-state index in [1.165, 1.54) is 10.7 Å². The lowest BCUT2D eigenvalue weighted by Crippen LogP contribution is -2.19. The average Bonchev–Trinajstić information content (AvgIpc) is 3.30. The van der Waals surface area contributed by atoms with Crippen molar-refractivity contribution in [3.05, 3.63) is 102 Å². The third kappa shape index (κ3) is 3.67. The molecule has 7 nitrogen and oxygen atoms in total. The van der Waals surface area contributed by atoms with E-state index in [9.17, 15) is 9.59 Å². The third-order valence-electron chi connectivity index (χ3n) is 6.81. The summed E-state index contributed by atoms with van der Waals surface area (Å²) >= 11 is 13.4. The second-order valence-corrected chi connectivity index (χ2v) is 11.0. The van der Waals surface area contributed by atoms with Crippen LogP contribution in [0.5, 0.6) is 0 Å². The van der Waals surface area contributed by atoms with Gasteiger partial charge in [0, 0.05) is 15.6 Å². The largest absolute Gasteiger partial charge is 0.312 e. The fourth-order valence-corrected chi connectivity index (χ4v) is 6.34. The summed E-state index contributed by atoms with van der Waals surface area (Å²) in [5.41, 5.74) is 5.58. The number of rotatable bonds is 2. The number of fused-ring (bicyclic) bond motifs is 5. The number of hydrogen-bond acceptors (Lipinski definition) is 6. The Balaban J connectivity index is 1.61. The molecule has 1 aliphatic carbocycles. The highest BCUT2D eigenvalue weighted by molar-refractivity contribution is 7.23. The fraction of sp³-hybridized carbons (Fsp3) is 0.107. The molecule has 7 rings (SSSR count). The average molecular weight is 558 g/mol. The summed E-state index contributed by atoms with van der Waals surface area (Å²) in [6.45, 7) is 0. The van der Waals surface area contributed by atoms with E-state index in [0.29, 0.717) is 30.7 Å². The standard InChI is InChI=1S/C28H17Cl2N5O2S/c29-17-8-4-14(5-9-17)12-16-2-1-3-19-20(15-6-10-18(30)11-7-15)21-24(33-22(16)19)34-28-35(27(21)37)25-23(38-28)26(36)32-13-31-25/h4-13H,1-3H2,(H,31,32,36)/b16-12+. The highest BCUT2D eigenvalue weighted by Crippen LogP contribution is 2.40. The first-order valence-corrected chi connectivity index (χ1v) is 13.5. The zero-order valence-electron chi connectivity index (χ0n) is 19.7. The Morgan fingerprint density at radius 2 is 1.68 bits per heavy atom. The van der Waals surface area contributed by atoms with Crippen molar-refractivity contribution in [1.82, 2.24) is 24.3 Å². The number of H-pyrrole nitrogens is 1. The second kappa shape index (κ2) is 8.87. The predicted molar refractivity (Wildman–Crippen MR) is 153 cm³/mol. The molecule has 186 valence electrons. The van der Waals surface area contributed by atoms with Crippen molar-refractivity contribution in [3.8, 4) is 11.1 Å². The Kier molecular flexibility index (Phi) is 5.43. The number of benzene rings is 2. The Labute approximate surface area is 229 Å². The van der Waals surface area contributed by atoms with Crippen molar-refractivity contribution in [2.75, 3.05) is 0 Å². The van der Waals surface area contributed by atoms with Gasteiger partial charge in [0.2, 0.25) is 4.96 Å². The maximum Gasteiger partial charge on any atom is 0.270 e. The lowest BCUT2D eigenvalue weighted by molar-refractivity contribution is 0.815. The van der Waals surface area contributed by atoms with Crippen LogP contribution in [0.1, 0.15) is 29.7 Å². The van der Waals surface area contributed by atoms with Gasteiger partial charge < -0.3 is 4.98 Å². The van der Waals surface area contributed by atoms with E-state index in [-0.39, 0.29) is 16.8 Å². The van der Waals surface area contributed by atoms with Crippen LogP contribution in [0.4, 0.5) is 0 Å². The molecule has 0 aliphatic heterocycles. The number of halogens is 2. The van der Waals surface area contributed by atoms with E-state index in [1.807, 2.05) is 48.5 Å². The maximum atomic E-state index is 14.1. The summed E-state index contributed by atoms with van der Waals surface area (Å²) in [7, 11) is 0. The second-order valence-electron chi connectivity index (χ2n) is 9.12. The molecule has 0 saturated carbocycles. The Morgan fingerprint density at radius 1 is 0.947 bits per heavy atom. The van der Waals surface area contributed by atoms with E-state index >= 15 is 0 Å². The summed E-state index contributed by atoms with van der Waals surface area (Å²) < 4.78 is 1.76. The minimum atomic E-state index is -0.313. The van der Waals surface area contributed by atoms with E-state index in [2.05, 4.69) is 16.0 Å². The summed E-state index contributed by atoms with van der Waals surface area (Å²) in [6.07, 6.45) is 5.94. The van der Waals surface area contributed by atoms with Crippen LogP contribution in [0, 0.1) is 0 Å². The number of aromatic nitrogens is 5. The normalized spacial score (nSPS) is 14.5. The van der Waals surface area contributed by atoms with Crippen LogP contribution in [0.2, 0.25) is 10.0 Å². The molecule has 6 aromatic rings. The highest BCUT2D eigenvalue weighted by atomic mass is 35.5. The molecule has 0 spiro atoms. The number of pyridine rings is 1.